The predicted octanol–water partition coefficient (Wildman–Crippen LogP) is 1.11. The fourth-order valence-corrected chi connectivity index (χ4v) is 1.50. The van der Waals surface area contributed by atoms with Crippen molar-refractivity contribution in [1.29, 1.82) is 0 Å². The normalized spacial score (nSPS) is 20.2. The van der Waals surface area contributed by atoms with E-state index in [0.717, 1.165) is 24.9 Å². The lowest BCUT2D eigenvalue weighted by molar-refractivity contribution is 0.454. The Morgan fingerprint density at radius 3 is 2.73 bits per heavy atom. The van der Waals surface area contributed by atoms with Crippen molar-refractivity contribution in [3.8, 4) is 0 Å². The Morgan fingerprint density at radius 2 is 2.27 bits per heavy atom. The van der Waals surface area contributed by atoms with E-state index in [-0.39, 0.29) is 0 Å². The molecule has 0 heterocycles. The molecule has 1 unspecified atom stereocenters. The van der Waals surface area contributed by atoms with Crippen LogP contribution in [-0.2, 0) is 0 Å². The number of hydrogen-bond acceptors (Lipinski definition) is 2. The summed E-state index contributed by atoms with van der Waals surface area (Å²) in [5.41, 5.74) is 5.45. The lowest BCUT2D eigenvalue weighted by Crippen LogP contribution is -2.26. The van der Waals surface area contributed by atoms with Crippen LogP contribution in [0.2, 0.25) is 0 Å². The van der Waals surface area contributed by atoms with Gasteiger partial charge < -0.3 is 11.1 Å². The third-order valence-corrected chi connectivity index (χ3v) is 2.48. The Kier molecular flexibility index (Phi) is 3.87. The van der Waals surface area contributed by atoms with Crippen LogP contribution in [0.5, 0.6) is 0 Å². The van der Waals surface area contributed by atoms with Crippen molar-refractivity contribution in [2.75, 3.05) is 13.6 Å². The van der Waals surface area contributed by atoms with Crippen LogP contribution < -0.4 is 11.1 Å². The Balaban J connectivity index is 2.02. The van der Waals surface area contributed by atoms with E-state index in [1.165, 1.54) is 25.7 Å². The van der Waals surface area contributed by atoms with E-state index in [9.17, 15) is 0 Å². The molecule has 0 aliphatic heterocycles. The standard InChI is InChI=1S/C9H20N2/c1-11-9(3-2-6-10)7-8-4-5-8/h8-9,11H,2-7,10H2,1H3. The molecule has 1 aliphatic carbocycles. The SMILES string of the molecule is CNC(CCCN)CC1CC1. The Bertz CT molecular complexity index is 99.7. The van der Waals surface area contributed by atoms with Crippen LogP contribution in [0.4, 0.5) is 0 Å². The average Bonchev–Trinajstić information content (AvgIpc) is 2.81. The van der Waals surface area contributed by atoms with Crippen LogP contribution in [0.25, 0.3) is 0 Å². The van der Waals surface area contributed by atoms with Crippen LogP contribution >= 0.6 is 0 Å². The maximum Gasteiger partial charge on any atom is 0.00671 e. The highest BCUT2D eigenvalue weighted by molar-refractivity contribution is 4.79. The molecule has 1 rings (SSSR count). The predicted molar refractivity (Wildman–Crippen MR) is 48.5 cm³/mol. The third kappa shape index (κ3) is 3.73. The molecule has 0 bridgehead atoms. The molecule has 0 saturated heterocycles. The molecule has 0 aromatic rings. The van der Waals surface area contributed by atoms with Crippen molar-refractivity contribution in [2.24, 2.45) is 11.7 Å². The van der Waals surface area contributed by atoms with Crippen molar-refractivity contribution in [2.45, 2.75) is 38.1 Å². The van der Waals surface area contributed by atoms with Gasteiger partial charge in [-0.15, -0.1) is 0 Å². The molecule has 11 heavy (non-hydrogen) atoms. The lowest BCUT2D eigenvalue weighted by atomic mass is 10.1. The summed E-state index contributed by atoms with van der Waals surface area (Å²) in [6, 6.07) is 0.728. The van der Waals surface area contributed by atoms with Gasteiger partial charge in [-0.3, -0.25) is 0 Å². The maximum atomic E-state index is 5.45. The summed E-state index contributed by atoms with van der Waals surface area (Å²) in [6.45, 7) is 0.836. The van der Waals surface area contributed by atoms with Crippen molar-refractivity contribution in [1.82, 2.24) is 5.32 Å². The fraction of sp³-hybridized carbons (Fsp3) is 1.00. The van der Waals surface area contributed by atoms with Crippen molar-refractivity contribution >= 4 is 0 Å². The summed E-state index contributed by atoms with van der Waals surface area (Å²) >= 11 is 0. The summed E-state index contributed by atoms with van der Waals surface area (Å²) in [5.74, 6) is 1.03. The molecule has 3 N–H and O–H groups in total. The third-order valence-electron chi connectivity index (χ3n) is 2.48. The van der Waals surface area contributed by atoms with Gasteiger partial charge in [0.1, 0.15) is 0 Å². The van der Waals surface area contributed by atoms with Gasteiger partial charge in [0.2, 0.25) is 0 Å². The van der Waals surface area contributed by atoms with Gasteiger partial charge in [0.05, 0.1) is 0 Å². The second kappa shape index (κ2) is 4.73. The van der Waals surface area contributed by atoms with Gasteiger partial charge in [-0.1, -0.05) is 12.8 Å². The van der Waals surface area contributed by atoms with Crippen LogP contribution in [0.3, 0.4) is 0 Å². The minimum Gasteiger partial charge on any atom is -0.330 e. The molecular formula is C9H20N2. The first-order valence-electron chi connectivity index (χ1n) is 4.74. The topological polar surface area (TPSA) is 38.0 Å². The molecule has 1 atom stereocenters. The van der Waals surface area contributed by atoms with Gasteiger partial charge in [-0.2, -0.15) is 0 Å². The minimum atomic E-state index is 0.728. The second-order valence-electron chi connectivity index (χ2n) is 3.60. The van der Waals surface area contributed by atoms with Gasteiger partial charge in [-0.25, -0.2) is 0 Å². The zero-order valence-electron chi connectivity index (χ0n) is 7.47. The molecule has 0 aromatic heterocycles. The lowest BCUT2D eigenvalue weighted by Gasteiger charge is -2.14. The van der Waals surface area contributed by atoms with Gasteiger partial charge >= 0.3 is 0 Å². The van der Waals surface area contributed by atoms with E-state index in [1.54, 1.807) is 0 Å². The second-order valence-corrected chi connectivity index (χ2v) is 3.60. The zero-order valence-corrected chi connectivity index (χ0v) is 7.47. The zero-order chi connectivity index (χ0) is 8.10. The molecule has 66 valence electrons. The quantitative estimate of drug-likeness (QED) is 0.604. The highest BCUT2D eigenvalue weighted by Crippen LogP contribution is 2.34. The summed E-state index contributed by atoms with van der Waals surface area (Å²) in [6.07, 6.45) is 6.71. The molecule has 2 heteroatoms. The molecule has 1 saturated carbocycles. The van der Waals surface area contributed by atoms with Crippen LogP contribution in [-0.4, -0.2) is 19.6 Å². The number of rotatable bonds is 6. The summed E-state index contributed by atoms with van der Waals surface area (Å²) in [7, 11) is 2.06. The molecule has 0 aromatic carbocycles. The smallest absolute Gasteiger partial charge is 0.00671 e. The first kappa shape index (κ1) is 9.01. The van der Waals surface area contributed by atoms with E-state index >= 15 is 0 Å². The molecule has 1 fully saturated rings. The van der Waals surface area contributed by atoms with Crippen LogP contribution in [0, 0.1) is 5.92 Å². The first-order chi connectivity index (χ1) is 5.36. The van der Waals surface area contributed by atoms with Gasteiger partial charge in [0.15, 0.2) is 0 Å². The molecule has 0 radical (unpaired) electrons. The van der Waals surface area contributed by atoms with Crippen LogP contribution in [0.15, 0.2) is 0 Å². The van der Waals surface area contributed by atoms with Gasteiger partial charge in [0.25, 0.3) is 0 Å². The van der Waals surface area contributed by atoms with Gasteiger partial charge in [-0.05, 0) is 38.8 Å². The van der Waals surface area contributed by atoms with E-state index in [2.05, 4.69) is 12.4 Å². The first-order valence-corrected chi connectivity index (χ1v) is 4.74. The van der Waals surface area contributed by atoms with Crippen LogP contribution in [0.1, 0.15) is 32.1 Å². The summed E-state index contributed by atoms with van der Waals surface area (Å²) in [5, 5.41) is 3.35. The minimum absolute atomic E-state index is 0.728. The fourth-order valence-electron chi connectivity index (χ4n) is 1.50. The summed E-state index contributed by atoms with van der Waals surface area (Å²) < 4.78 is 0. The number of hydrogen-bond donors (Lipinski definition) is 2. The molecule has 1 aliphatic rings. The Labute approximate surface area is 69.5 Å². The number of nitrogens with two attached hydrogens (primary N) is 1. The maximum absolute atomic E-state index is 5.45. The van der Waals surface area contributed by atoms with E-state index in [4.69, 9.17) is 5.73 Å². The van der Waals surface area contributed by atoms with Crippen molar-refractivity contribution < 1.29 is 0 Å². The van der Waals surface area contributed by atoms with Crippen molar-refractivity contribution in [3.63, 3.8) is 0 Å². The summed E-state index contributed by atoms with van der Waals surface area (Å²) in [4.78, 5) is 0. The molecule has 0 spiro atoms. The van der Waals surface area contributed by atoms with E-state index in [1.807, 2.05) is 0 Å². The molecule has 0 amide bonds. The van der Waals surface area contributed by atoms with E-state index < -0.39 is 0 Å². The highest BCUT2D eigenvalue weighted by Gasteiger charge is 2.24. The van der Waals surface area contributed by atoms with Gasteiger partial charge in [0, 0.05) is 6.04 Å². The Hall–Kier alpha value is -0.0800. The Morgan fingerprint density at radius 1 is 1.55 bits per heavy atom. The largest absolute Gasteiger partial charge is 0.330 e. The monoisotopic (exact) mass is 156 g/mol. The average molecular weight is 156 g/mol. The van der Waals surface area contributed by atoms with Crippen molar-refractivity contribution in [3.05, 3.63) is 0 Å². The molecular weight excluding hydrogens is 136 g/mol. The molecule has 2 nitrogen and oxygen atoms in total. The number of nitrogens with one attached hydrogen (secondary N) is 1. The van der Waals surface area contributed by atoms with E-state index in [0.29, 0.717) is 0 Å². The highest BCUT2D eigenvalue weighted by atomic mass is 14.9.